The molecule has 0 aromatic carbocycles. The Balaban J connectivity index is 1.49. The number of carbonyl (C=O) groups excluding carboxylic acids is 1. The molecule has 2 aromatic heterocycles. The summed E-state index contributed by atoms with van der Waals surface area (Å²) in [5, 5.41) is 10.8. The van der Waals surface area contributed by atoms with Gasteiger partial charge >= 0.3 is 0 Å². The van der Waals surface area contributed by atoms with Crippen LogP contribution in [0.1, 0.15) is 44.7 Å². The lowest BCUT2D eigenvalue weighted by molar-refractivity contribution is -0.122. The number of hydrogen-bond acceptors (Lipinski definition) is 4. The van der Waals surface area contributed by atoms with Crippen LogP contribution in [0.5, 0.6) is 0 Å². The Morgan fingerprint density at radius 3 is 3.00 bits per heavy atom. The van der Waals surface area contributed by atoms with Crippen molar-refractivity contribution < 1.29 is 4.79 Å². The number of nitrogens with zero attached hydrogens (tertiary/aromatic N) is 3. The molecule has 0 unspecified atom stereocenters. The molecule has 0 bridgehead atoms. The van der Waals surface area contributed by atoms with E-state index >= 15 is 0 Å². The highest BCUT2D eigenvalue weighted by atomic mass is 16.2. The van der Waals surface area contributed by atoms with Crippen molar-refractivity contribution >= 4 is 36.3 Å². The van der Waals surface area contributed by atoms with Crippen molar-refractivity contribution in [2.75, 3.05) is 18.4 Å². The van der Waals surface area contributed by atoms with Crippen molar-refractivity contribution in [2.24, 2.45) is 5.92 Å². The Bertz CT molecular complexity index is 926. The molecule has 2 aromatic rings. The molecule has 1 saturated carbocycles. The van der Waals surface area contributed by atoms with E-state index in [2.05, 4.69) is 34.8 Å². The minimum absolute atomic E-state index is 0.190. The highest BCUT2D eigenvalue weighted by Crippen LogP contribution is 2.29. The first-order valence-electron chi connectivity index (χ1n) is 9.66. The van der Waals surface area contributed by atoms with Gasteiger partial charge in [-0.3, -0.25) is 4.79 Å². The molecule has 0 spiro atoms. The van der Waals surface area contributed by atoms with Gasteiger partial charge in [0, 0.05) is 31.3 Å². The Labute approximate surface area is 160 Å². The number of carbonyl (C=O) groups is 1. The number of hydrogen-bond donors (Lipinski definition) is 2. The zero-order chi connectivity index (χ0) is 18.8. The van der Waals surface area contributed by atoms with Crippen molar-refractivity contribution in [1.29, 1.82) is 0 Å². The van der Waals surface area contributed by atoms with Crippen LogP contribution in [0.2, 0.25) is 0 Å². The molecule has 0 atom stereocenters. The van der Waals surface area contributed by atoms with Gasteiger partial charge in [0.25, 0.3) is 0 Å². The molecule has 0 saturated heterocycles. The standard InChI is InChI=1S/C20H24BN5O/c1-13-5-2-3-6-15(13)17-11-18(26-19(25-17)16(21)12-24-26)22-9-4-10-23-20(27)14-7-8-14/h3,6,11-12,14,22H,2,4-5,7-10H2,1H3,(H,23,27). The average molecular weight is 361 g/mol. The van der Waals surface area contributed by atoms with Crippen LogP contribution in [0.3, 0.4) is 0 Å². The molecule has 2 radical (unpaired) electrons. The first-order chi connectivity index (χ1) is 13.1. The van der Waals surface area contributed by atoms with Gasteiger partial charge in [-0.2, -0.15) is 9.61 Å². The number of anilines is 1. The number of fused-ring (bicyclic) bond motifs is 1. The van der Waals surface area contributed by atoms with Crippen molar-refractivity contribution in [3.8, 4) is 0 Å². The maximum Gasteiger partial charge on any atom is 0.223 e. The molecular weight excluding hydrogens is 337 g/mol. The quantitative estimate of drug-likeness (QED) is 0.584. The highest BCUT2D eigenvalue weighted by Gasteiger charge is 2.28. The lowest BCUT2D eigenvalue weighted by atomic mass is 9.96. The van der Waals surface area contributed by atoms with Crippen LogP contribution in [0.4, 0.5) is 5.82 Å². The molecule has 2 aliphatic rings. The first-order valence-corrected chi connectivity index (χ1v) is 9.66. The molecule has 2 heterocycles. The van der Waals surface area contributed by atoms with Crippen LogP contribution in [0.25, 0.3) is 11.2 Å². The van der Waals surface area contributed by atoms with Crippen molar-refractivity contribution in [1.82, 2.24) is 19.9 Å². The minimum atomic E-state index is 0.190. The van der Waals surface area contributed by atoms with Crippen LogP contribution >= 0.6 is 0 Å². The van der Waals surface area contributed by atoms with E-state index in [0.717, 1.165) is 55.7 Å². The molecule has 1 fully saturated rings. The summed E-state index contributed by atoms with van der Waals surface area (Å²) in [5.41, 5.74) is 4.63. The third-order valence-corrected chi connectivity index (χ3v) is 5.11. The summed E-state index contributed by atoms with van der Waals surface area (Å²) >= 11 is 0. The minimum Gasteiger partial charge on any atom is -0.370 e. The maximum atomic E-state index is 11.7. The summed E-state index contributed by atoms with van der Waals surface area (Å²) in [6.45, 7) is 3.56. The third kappa shape index (κ3) is 3.92. The molecule has 7 heteroatoms. The van der Waals surface area contributed by atoms with E-state index in [4.69, 9.17) is 12.8 Å². The van der Waals surface area contributed by atoms with Crippen molar-refractivity contribution in [3.63, 3.8) is 0 Å². The van der Waals surface area contributed by atoms with Crippen molar-refractivity contribution in [2.45, 2.75) is 39.0 Å². The van der Waals surface area contributed by atoms with E-state index in [1.54, 1.807) is 10.7 Å². The predicted molar refractivity (Wildman–Crippen MR) is 108 cm³/mol. The molecule has 27 heavy (non-hydrogen) atoms. The monoisotopic (exact) mass is 361 g/mol. The van der Waals surface area contributed by atoms with E-state index in [1.165, 1.54) is 5.57 Å². The molecule has 4 rings (SSSR count). The Hall–Kier alpha value is -2.57. The van der Waals surface area contributed by atoms with Gasteiger partial charge in [0.05, 0.1) is 5.69 Å². The molecule has 1 amide bonds. The highest BCUT2D eigenvalue weighted by molar-refractivity contribution is 6.36. The van der Waals surface area contributed by atoms with Gasteiger partial charge < -0.3 is 10.6 Å². The largest absolute Gasteiger partial charge is 0.370 e. The summed E-state index contributed by atoms with van der Waals surface area (Å²) in [4.78, 5) is 16.4. The fourth-order valence-corrected chi connectivity index (χ4v) is 3.33. The van der Waals surface area contributed by atoms with Crippen LogP contribution in [0, 0.1) is 5.92 Å². The molecule has 0 aliphatic heterocycles. The van der Waals surface area contributed by atoms with E-state index in [-0.39, 0.29) is 11.8 Å². The van der Waals surface area contributed by atoms with Crippen LogP contribution in [-0.4, -0.2) is 41.4 Å². The first kappa shape index (κ1) is 17.8. The number of rotatable bonds is 7. The lowest BCUT2D eigenvalue weighted by Gasteiger charge is -2.15. The van der Waals surface area contributed by atoms with Crippen LogP contribution < -0.4 is 16.1 Å². The molecule has 2 N–H and O–H groups in total. The topological polar surface area (TPSA) is 71.3 Å². The summed E-state index contributed by atoms with van der Waals surface area (Å²) < 4.78 is 1.74. The fourth-order valence-electron chi connectivity index (χ4n) is 3.33. The second-order valence-electron chi connectivity index (χ2n) is 7.34. The Morgan fingerprint density at radius 2 is 2.22 bits per heavy atom. The van der Waals surface area contributed by atoms with E-state index in [1.807, 2.05) is 6.07 Å². The van der Waals surface area contributed by atoms with Gasteiger partial charge in [-0.15, -0.1) is 0 Å². The van der Waals surface area contributed by atoms with E-state index in [9.17, 15) is 4.79 Å². The zero-order valence-electron chi connectivity index (χ0n) is 15.7. The normalized spacial score (nSPS) is 16.8. The smallest absolute Gasteiger partial charge is 0.223 e. The Morgan fingerprint density at radius 1 is 1.37 bits per heavy atom. The SMILES string of the molecule is [B]c1cnn2c(NCCCNC(=O)C3CC3)cc(C3=C(C)CCC=C3)nc12. The third-order valence-electron chi connectivity index (χ3n) is 5.11. The second-order valence-corrected chi connectivity index (χ2v) is 7.34. The second kappa shape index (κ2) is 7.58. The molecule has 138 valence electrons. The fraction of sp³-hybridized carbons (Fsp3) is 0.450. The number of amides is 1. The van der Waals surface area contributed by atoms with Crippen molar-refractivity contribution in [3.05, 3.63) is 35.7 Å². The van der Waals surface area contributed by atoms with E-state index in [0.29, 0.717) is 17.7 Å². The van der Waals surface area contributed by atoms with E-state index < -0.39 is 0 Å². The number of aromatic nitrogens is 3. The summed E-state index contributed by atoms with van der Waals surface area (Å²) in [6.07, 6.45) is 11.0. The molecular formula is C20H24BN5O. The van der Waals surface area contributed by atoms with Crippen LogP contribution in [0.15, 0.2) is 30.0 Å². The molecule has 6 nitrogen and oxygen atoms in total. The summed E-state index contributed by atoms with van der Waals surface area (Å²) in [7, 11) is 6.07. The van der Waals surface area contributed by atoms with Gasteiger partial charge in [0.15, 0.2) is 5.65 Å². The zero-order valence-corrected chi connectivity index (χ0v) is 15.7. The van der Waals surface area contributed by atoms with Gasteiger partial charge in [0.1, 0.15) is 13.7 Å². The summed E-state index contributed by atoms with van der Waals surface area (Å²) in [5.74, 6) is 1.31. The Kier molecular flexibility index (Phi) is 5.01. The number of nitrogens with one attached hydrogen (secondary N) is 2. The summed E-state index contributed by atoms with van der Waals surface area (Å²) in [6, 6.07) is 2.02. The lowest BCUT2D eigenvalue weighted by Crippen LogP contribution is -2.27. The predicted octanol–water partition coefficient (Wildman–Crippen LogP) is 1.97. The van der Waals surface area contributed by atoms with Gasteiger partial charge in [-0.25, -0.2) is 4.98 Å². The molecule has 2 aliphatic carbocycles. The van der Waals surface area contributed by atoms with Gasteiger partial charge in [0.2, 0.25) is 5.91 Å². The van der Waals surface area contributed by atoms with Crippen LogP contribution in [-0.2, 0) is 4.79 Å². The maximum absolute atomic E-state index is 11.7. The number of allylic oxidation sites excluding steroid dienone is 4. The van der Waals surface area contributed by atoms with Gasteiger partial charge in [-0.1, -0.05) is 17.7 Å². The van der Waals surface area contributed by atoms with Gasteiger partial charge in [-0.05, 0) is 50.1 Å². The average Bonchev–Trinajstić information content (AvgIpc) is 3.45.